The number of thiophene rings is 1. The predicted molar refractivity (Wildman–Crippen MR) is 94.1 cm³/mol. The number of para-hydroxylation sites is 1. The fourth-order valence-electron chi connectivity index (χ4n) is 2.55. The molecule has 0 aliphatic heterocycles. The summed E-state index contributed by atoms with van der Waals surface area (Å²) < 4.78 is 15.7. The first-order chi connectivity index (χ1) is 11.1. The van der Waals surface area contributed by atoms with Gasteiger partial charge < -0.3 is 0 Å². The molecule has 23 heavy (non-hydrogen) atoms. The fraction of sp³-hybridized carbons (Fsp3) is 0.0588. The van der Waals surface area contributed by atoms with E-state index >= 15 is 0 Å². The van der Waals surface area contributed by atoms with Crippen LogP contribution in [0.3, 0.4) is 0 Å². The molecule has 0 saturated heterocycles. The third kappa shape index (κ3) is 2.40. The Hall–Kier alpha value is -2.31. The number of anilines is 1. The lowest BCUT2D eigenvalue weighted by Gasteiger charge is -2.00. The Bertz CT molecular complexity index is 1020. The van der Waals surface area contributed by atoms with E-state index in [4.69, 9.17) is 0 Å². The zero-order valence-corrected chi connectivity index (χ0v) is 13.7. The highest BCUT2D eigenvalue weighted by atomic mass is 32.1. The second kappa shape index (κ2) is 5.40. The van der Waals surface area contributed by atoms with Crippen molar-refractivity contribution in [2.24, 2.45) is 0 Å². The summed E-state index contributed by atoms with van der Waals surface area (Å²) in [5.74, 6) is -0.544. The molecule has 0 unspecified atom stereocenters. The summed E-state index contributed by atoms with van der Waals surface area (Å²) >= 11 is 2.72. The summed E-state index contributed by atoms with van der Waals surface area (Å²) in [4.78, 5) is 17.5. The molecular formula is C17H11FN2OS2. The largest absolute Gasteiger partial charge is 0.297 e. The van der Waals surface area contributed by atoms with Crippen LogP contribution in [0.15, 0.2) is 42.5 Å². The number of benzene rings is 2. The van der Waals surface area contributed by atoms with E-state index < -0.39 is 0 Å². The number of amides is 1. The number of rotatable bonds is 2. The lowest BCUT2D eigenvalue weighted by Crippen LogP contribution is -2.11. The van der Waals surface area contributed by atoms with Crippen LogP contribution in [0.1, 0.15) is 15.2 Å². The maximum atomic E-state index is 14.0. The monoisotopic (exact) mass is 342 g/mol. The first kappa shape index (κ1) is 14.3. The van der Waals surface area contributed by atoms with Crippen molar-refractivity contribution in [3.8, 4) is 0 Å². The van der Waals surface area contributed by atoms with Crippen LogP contribution in [-0.2, 0) is 0 Å². The molecule has 2 heterocycles. The Labute approximate surface area is 139 Å². The maximum absolute atomic E-state index is 14.0. The number of fused-ring (bicyclic) bond motifs is 2. The SMILES string of the molecule is Cc1c(C(=O)Nc2nc3ccccc3s2)sc2cccc(F)c12. The molecule has 0 saturated carbocycles. The molecule has 4 rings (SSSR count). The van der Waals surface area contributed by atoms with Crippen molar-refractivity contribution in [1.82, 2.24) is 4.98 Å². The molecule has 2 aromatic carbocycles. The Kier molecular flexibility index (Phi) is 3.36. The number of thiazole rings is 1. The van der Waals surface area contributed by atoms with E-state index in [2.05, 4.69) is 10.3 Å². The van der Waals surface area contributed by atoms with Gasteiger partial charge in [0, 0.05) is 10.1 Å². The Morgan fingerprint density at radius 2 is 1.87 bits per heavy atom. The van der Waals surface area contributed by atoms with Crippen molar-refractivity contribution in [2.45, 2.75) is 6.92 Å². The van der Waals surface area contributed by atoms with Crippen LogP contribution in [0.2, 0.25) is 0 Å². The van der Waals surface area contributed by atoms with Crippen LogP contribution < -0.4 is 5.32 Å². The summed E-state index contributed by atoms with van der Waals surface area (Å²) in [5, 5.41) is 3.90. The summed E-state index contributed by atoms with van der Waals surface area (Å²) in [5.41, 5.74) is 1.52. The first-order valence-corrected chi connectivity index (χ1v) is 8.61. The molecule has 3 nitrogen and oxygen atoms in total. The van der Waals surface area contributed by atoms with Gasteiger partial charge in [-0.1, -0.05) is 29.5 Å². The lowest BCUT2D eigenvalue weighted by atomic mass is 10.1. The Balaban J connectivity index is 1.71. The maximum Gasteiger partial charge on any atom is 0.267 e. The van der Waals surface area contributed by atoms with Gasteiger partial charge in [-0.2, -0.15) is 0 Å². The third-order valence-electron chi connectivity index (χ3n) is 3.62. The summed E-state index contributed by atoms with van der Waals surface area (Å²) in [6.07, 6.45) is 0. The van der Waals surface area contributed by atoms with E-state index in [1.54, 1.807) is 13.0 Å². The smallest absolute Gasteiger partial charge is 0.267 e. The van der Waals surface area contributed by atoms with Crippen molar-refractivity contribution in [1.29, 1.82) is 0 Å². The molecule has 0 aliphatic rings. The number of halogens is 1. The van der Waals surface area contributed by atoms with Crippen LogP contribution in [-0.4, -0.2) is 10.9 Å². The van der Waals surface area contributed by atoms with Gasteiger partial charge in [0.2, 0.25) is 0 Å². The van der Waals surface area contributed by atoms with Crippen LogP contribution in [0, 0.1) is 12.7 Å². The van der Waals surface area contributed by atoms with Gasteiger partial charge >= 0.3 is 0 Å². The highest BCUT2D eigenvalue weighted by molar-refractivity contribution is 7.23. The van der Waals surface area contributed by atoms with E-state index in [9.17, 15) is 9.18 Å². The Morgan fingerprint density at radius 1 is 1.09 bits per heavy atom. The molecule has 6 heteroatoms. The zero-order valence-electron chi connectivity index (χ0n) is 12.1. The molecule has 1 N–H and O–H groups in total. The minimum Gasteiger partial charge on any atom is -0.297 e. The molecule has 0 fully saturated rings. The molecule has 0 bridgehead atoms. The van der Waals surface area contributed by atoms with Crippen LogP contribution in [0.5, 0.6) is 0 Å². The summed E-state index contributed by atoms with van der Waals surface area (Å²) in [7, 11) is 0. The number of nitrogens with one attached hydrogen (secondary N) is 1. The predicted octanol–water partition coefficient (Wildman–Crippen LogP) is 5.21. The van der Waals surface area contributed by atoms with Gasteiger partial charge in [0.15, 0.2) is 5.13 Å². The zero-order chi connectivity index (χ0) is 16.0. The number of aryl methyl sites for hydroxylation is 1. The van der Waals surface area contributed by atoms with Gasteiger partial charge in [0.25, 0.3) is 5.91 Å². The first-order valence-electron chi connectivity index (χ1n) is 6.98. The summed E-state index contributed by atoms with van der Waals surface area (Å²) in [6.45, 7) is 1.77. The summed E-state index contributed by atoms with van der Waals surface area (Å²) in [6, 6.07) is 12.6. The molecule has 0 atom stereocenters. The van der Waals surface area contributed by atoms with Crippen LogP contribution in [0.25, 0.3) is 20.3 Å². The number of hydrogen-bond acceptors (Lipinski definition) is 4. The van der Waals surface area contributed by atoms with Gasteiger partial charge in [-0.05, 0) is 36.8 Å². The van der Waals surface area contributed by atoms with E-state index in [-0.39, 0.29) is 11.7 Å². The highest BCUT2D eigenvalue weighted by Crippen LogP contribution is 2.33. The molecule has 2 aromatic heterocycles. The molecule has 0 radical (unpaired) electrons. The van der Waals surface area contributed by atoms with Crippen molar-refractivity contribution in [3.05, 3.63) is 58.7 Å². The lowest BCUT2D eigenvalue weighted by molar-refractivity contribution is 0.103. The normalized spacial score (nSPS) is 11.2. The number of nitrogens with zero attached hydrogens (tertiary/aromatic N) is 1. The quantitative estimate of drug-likeness (QED) is 0.543. The second-order valence-electron chi connectivity index (χ2n) is 5.11. The van der Waals surface area contributed by atoms with Crippen molar-refractivity contribution in [3.63, 3.8) is 0 Å². The number of hydrogen-bond donors (Lipinski definition) is 1. The minimum absolute atomic E-state index is 0.248. The Morgan fingerprint density at radius 3 is 2.65 bits per heavy atom. The van der Waals surface area contributed by atoms with Crippen molar-refractivity contribution in [2.75, 3.05) is 5.32 Å². The molecule has 0 spiro atoms. The second-order valence-corrected chi connectivity index (χ2v) is 7.19. The van der Waals surface area contributed by atoms with Gasteiger partial charge in [-0.25, -0.2) is 9.37 Å². The number of carbonyl (C=O) groups is 1. The van der Waals surface area contributed by atoms with Crippen molar-refractivity contribution < 1.29 is 9.18 Å². The van der Waals surface area contributed by atoms with E-state index in [1.807, 2.05) is 30.3 Å². The number of aromatic nitrogens is 1. The van der Waals surface area contributed by atoms with E-state index in [0.29, 0.717) is 21.0 Å². The van der Waals surface area contributed by atoms with Crippen molar-refractivity contribution >= 4 is 54.0 Å². The minimum atomic E-state index is -0.296. The average Bonchev–Trinajstić information content (AvgIpc) is 3.08. The van der Waals surface area contributed by atoms with Gasteiger partial charge in [0.1, 0.15) is 5.82 Å². The molecule has 1 amide bonds. The molecule has 0 aliphatic carbocycles. The van der Waals surface area contributed by atoms with Gasteiger partial charge in [-0.3, -0.25) is 10.1 Å². The fourth-order valence-corrected chi connectivity index (χ4v) is 4.53. The number of carbonyl (C=O) groups excluding carboxylic acids is 1. The van der Waals surface area contributed by atoms with Gasteiger partial charge in [-0.15, -0.1) is 11.3 Å². The topological polar surface area (TPSA) is 42.0 Å². The van der Waals surface area contributed by atoms with Gasteiger partial charge in [0.05, 0.1) is 15.1 Å². The highest BCUT2D eigenvalue weighted by Gasteiger charge is 2.18. The standard InChI is InChI=1S/C17H11FN2OS2/c1-9-14-10(18)5-4-8-13(14)22-15(9)16(21)20-17-19-11-6-2-3-7-12(11)23-17/h2-8H,1H3,(H,19,20,21). The van der Waals surface area contributed by atoms with Crippen LogP contribution in [0.4, 0.5) is 9.52 Å². The average molecular weight is 342 g/mol. The van der Waals surface area contributed by atoms with Crippen LogP contribution >= 0.6 is 22.7 Å². The molecule has 4 aromatic rings. The third-order valence-corrected chi connectivity index (χ3v) is 5.83. The molecular weight excluding hydrogens is 331 g/mol. The molecule has 114 valence electrons. The van der Waals surface area contributed by atoms with E-state index in [0.717, 1.165) is 14.9 Å². The van der Waals surface area contributed by atoms with E-state index in [1.165, 1.54) is 28.7 Å².